The van der Waals surface area contributed by atoms with Gasteiger partial charge >= 0.3 is 0 Å². The molecule has 0 amide bonds. The van der Waals surface area contributed by atoms with E-state index in [1.54, 1.807) is 17.7 Å². The first-order chi connectivity index (χ1) is 5.95. The Bertz CT molecular complexity index is 224. The lowest BCUT2D eigenvalue weighted by Gasteiger charge is -2.05. The highest BCUT2D eigenvalue weighted by Gasteiger charge is 2.16. The Labute approximate surface area is 76.2 Å². The third kappa shape index (κ3) is 1.98. The molecule has 0 atom stereocenters. The molecule has 1 aliphatic heterocycles. The van der Waals surface area contributed by atoms with Crippen LogP contribution in [-0.2, 0) is 6.04 Å². The summed E-state index contributed by atoms with van der Waals surface area (Å²) in [5.41, 5.74) is 1.56. The Kier molecular flexibility index (Phi) is 2.62. The second kappa shape index (κ2) is 3.90. The van der Waals surface area contributed by atoms with E-state index in [0.717, 1.165) is 0 Å². The second-order valence-electron chi connectivity index (χ2n) is 3.62. The molecule has 12 heavy (non-hydrogen) atoms. The van der Waals surface area contributed by atoms with Crippen molar-refractivity contribution in [1.29, 1.82) is 0 Å². The largest absolute Gasteiger partial charge is 0.0622 e. The van der Waals surface area contributed by atoms with Gasteiger partial charge in [-0.15, -0.1) is 0 Å². The first-order valence-electron chi connectivity index (χ1n) is 4.82. The summed E-state index contributed by atoms with van der Waals surface area (Å²) < 4.78 is 0. The highest BCUT2D eigenvalue weighted by molar-refractivity contribution is 6.59. The van der Waals surface area contributed by atoms with Crippen molar-refractivity contribution in [1.82, 2.24) is 0 Å². The summed E-state index contributed by atoms with van der Waals surface area (Å²) in [6.45, 7) is 0. The fraction of sp³-hybridized carbons (Fsp3) is 0.455. The lowest BCUT2D eigenvalue weighted by molar-refractivity contribution is 0.935. The summed E-state index contributed by atoms with van der Waals surface area (Å²) in [6, 6.07) is 15.5. The molecule has 63 valence electrons. The van der Waals surface area contributed by atoms with E-state index in [-0.39, 0.29) is 8.80 Å². The van der Waals surface area contributed by atoms with Crippen LogP contribution in [0.4, 0.5) is 0 Å². The first kappa shape index (κ1) is 8.05. The molecule has 1 aromatic carbocycles. The van der Waals surface area contributed by atoms with Crippen LogP contribution in [0, 0.1) is 0 Å². The maximum Gasteiger partial charge on any atom is 0.0525 e. The molecule has 1 aliphatic rings. The third-order valence-corrected chi connectivity index (χ3v) is 5.64. The Hall–Kier alpha value is -0.563. The van der Waals surface area contributed by atoms with Crippen LogP contribution in [0.25, 0.3) is 0 Å². The predicted molar refractivity (Wildman–Crippen MR) is 54.7 cm³/mol. The molecule has 1 heterocycles. The summed E-state index contributed by atoms with van der Waals surface area (Å²) in [5, 5.41) is 0. The lowest BCUT2D eigenvalue weighted by Crippen LogP contribution is -2.10. The van der Waals surface area contributed by atoms with Gasteiger partial charge in [0, 0.05) is 0 Å². The average Bonchev–Trinajstić information content (AvgIpc) is 2.59. The van der Waals surface area contributed by atoms with Crippen molar-refractivity contribution in [3.63, 3.8) is 0 Å². The van der Waals surface area contributed by atoms with E-state index in [0.29, 0.717) is 0 Å². The summed E-state index contributed by atoms with van der Waals surface area (Å²) in [5.74, 6) is 0. The van der Waals surface area contributed by atoms with E-state index in [1.807, 2.05) is 0 Å². The lowest BCUT2D eigenvalue weighted by atomic mass is 10.2. The van der Waals surface area contributed by atoms with Crippen molar-refractivity contribution in [2.75, 3.05) is 0 Å². The normalized spacial score (nSPS) is 18.3. The molecule has 0 aliphatic carbocycles. The van der Waals surface area contributed by atoms with Gasteiger partial charge in [-0.3, -0.25) is 0 Å². The molecule has 1 heteroatoms. The maximum atomic E-state index is 2.27. The average molecular weight is 175 g/mol. The van der Waals surface area contributed by atoms with Gasteiger partial charge in [0.05, 0.1) is 8.80 Å². The van der Waals surface area contributed by atoms with Gasteiger partial charge in [0.25, 0.3) is 0 Å². The van der Waals surface area contributed by atoms with E-state index < -0.39 is 0 Å². The van der Waals surface area contributed by atoms with Crippen LogP contribution < -0.4 is 0 Å². The van der Waals surface area contributed by atoms with Crippen LogP contribution in [0.1, 0.15) is 18.4 Å². The smallest absolute Gasteiger partial charge is 0.0525 e. The topological polar surface area (TPSA) is 0 Å². The SMILES string of the molecule is c1ccc(C[Si]2CCCC2)cc1. The molecule has 1 aromatic rings. The Morgan fingerprint density at radius 1 is 1.00 bits per heavy atom. The van der Waals surface area contributed by atoms with Crippen molar-refractivity contribution < 1.29 is 0 Å². The fourth-order valence-electron chi connectivity index (χ4n) is 1.94. The second-order valence-corrected chi connectivity index (χ2v) is 6.47. The monoisotopic (exact) mass is 175 g/mol. The van der Waals surface area contributed by atoms with Crippen LogP contribution >= 0.6 is 0 Å². The molecule has 0 unspecified atom stereocenters. The van der Waals surface area contributed by atoms with Gasteiger partial charge in [0.1, 0.15) is 0 Å². The van der Waals surface area contributed by atoms with E-state index in [4.69, 9.17) is 0 Å². The number of hydrogen-bond donors (Lipinski definition) is 0. The molecular weight excluding hydrogens is 160 g/mol. The highest BCUT2D eigenvalue weighted by atomic mass is 28.3. The third-order valence-electron chi connectivity index (χ3n) is 2.61. The molecule has 0 bridgehead atoms. The van der Waals surface area contributed by atoms with Crippen molar-refractivity contribution in [3.05, 3.63) is 35.9 Å². The predicted octanol–water partition coefficient (Wildman–Crippen LogP) is 3.06. The van der Waals surface area contributed by atoms with Gasteiger partial charge in [-0.1, -0.05) is 60.8 Å². The Morgan fingerprint density at radius 3 is 2.33 bits per heavy atom. The standard InChI is InChI=1S/C11H15Si/c1-2-6-11(7-3-1)10-12-8-4-5-9-12/h1-3,6-7H,4-5,8-10H2. The molecular formula is C11H15Si. The van der Waals surface area contributed by atoms with Crippen LogP contribution in [-0.4, -0.2) is 8.80 Å². The van der Waals surface area contributed by atoms with Gasteiger partial charge in [-0.2, -0.15) is 0 Å². The molecule has 0 saturated carbocycles. The van der Waals surface area contributed by atoms with Gasteiger partial charge < -0.3 is 0 Å². The maximum absolute atomic E-state index is 2.27. The zero-order chi connectivity index (χ0) is 8.23. The van der Waals surface area contributed by atoms with Gasteiger partial charge in [0.2, 0.25) is 0 Å². The van der Waals surface area contributed by atoms with Crippen LogP contribution in [0.15, 0.2) is 30.3 Å². The molecule has 0 N–H and O–H groups in total. The quantitative estimate of drug-likeness (QED) is 0.606. The summed E-state index contributed by atoms with van der Waals surface area (Å²) in [6.07, 6.45) is 3.00. The molecule has 1 fully saturated rings. The summed E-state index contributed by atoms with van der Waals surface area (Å²) >= 11 is 0. The molecule has 1 saturated heterocycles. The van der Waals surface area contributed by atoms with Gasteiger partial charge in [-0.05, 0) is 6.04 Å². The van der Waals surface area contributed by atoms with E-state index >= 15 is 0 Å². The van der Waals surface area contributed by atoms with Crippen LogP contribution in [0.3, 0.4) is 0 Å². The molecule has 0 spiro atoms. The summed E-state index contributed by atoms with van der Waals surface area (Å²) in [7, 11) is 0.0355. The zero-order valence-corrected chi connectivity index (χ0v) is 8.42. The van der Waals surface area contributed by atoms with E-state index in [1.165, 1.54) is 18.9 Å². The van der Waals surface area contributed by atoms with Crippen molar-refractivity contribution in [2.45, 2.75) is 31.0 Å². The minimum atomic E-state index is 0.0355. The molecule has 0 nitrogen and oxygen atoms in total. The van der Waals surface area contributed by atoms with Crippen molar-refractivity contribution in [2.24, 2.45) is 0 Å². The highest BCUT2D eigenvalue weighted by Crippen LogP contribution is 2.21. The minimum Gasteiger partial charge on any atom is -0.0622 e. The zero-order valence-electron chi connectivity index (χ0n) is 7.42. The fourth-order valence-corrected chi connectivity index (χ4v) is 4.85. The Morgan fingerprint density at radius 2 is 1.67 bits per heavy atom. The first-order valence-corrected chi connectivity index (χ1v) is 6.95. The van der Waals surface area contributed by atoms with Crippen molar-refractivity contribution >= 4 is 8.80 Å². The van der Waals surface area contributed by atoms with Crippen molar-refractivity contribution in [3.8, 4) is 0 Å². The number of benzene rings is 1. The summed E-state index contributed by atoms with van der Waals surface area (Å²) in [4.78, 5) is 0. The van der Waals surface area contributed by atoms with E-state index in [2.05, 4.69) is 30.3 Å². The van der Waals surface area contributed by atoms with E-state index in [9.17, 15) is 0 Å². The molecule has 1 radical (unpaired) electrons. The molecule has 2 rings (SSSR count). The molecule has 0 aromatic heterocycles. The van der Waals surface area contributed by atoms with Gasteiger partial charge in [-0.25, -0.2) is 0 Å². The van der Waals surface area contributed by atoms with Crippen LogP contribution in [0.2, 0.25) is 12.1 Å². The Balaban J connectivity index is 1.94. The van der Waals surface area contributed by atoms with Gasteiger partial charge in [0.15, 0.2) is 0 Å². The number of rotatable bonds is 2. The number of hydrogen-bond acceptors (Lipinski definition) is 0. The van der Waals surface area contributed by atoms with Crippen LogP contribution in [0.5, 0.6) is 0 Å². The minimum absolute atomic E-state index is 0.0355.